The maximum atomic E-state index is 8.65. The van der Waals surface area contributed by atoms with Crippen molar-refractivity contribution in [3.8, 4) is 6.07 Å². The molecule has 0 spiro atoms. The van der Waals surface area contributed by atoms with Gasteiger partial charge in [0.05, 0.1) is 12.4 Å². The third kappa shape index (κ3) is 3.41. The molecule has 0 atom stereocenters. The molecule has 1 N–H and O–H groups in total. The predicted octanol–water partition coefficient (Wildman–Crippen LogP) is 1.63. The highest BCUT2D eigenvalue weighted by atomic mass is 15.1. The van der Waals surface area contributed by atoms with Crippen LogP contribution in [0.15, 0.2) is 12.4 Å². The first kappa shape index (κ1) is 12.8. The fourth-order valence-corrected chi connectivity index (χ4v) is 2.29. The standard InChI is InChI=1S/C13H19N5/c1-2-5-18-6-3-11(4-7-18)17-13-10-15-12(8-14)9-16-13/h9-11H,2-7H2,1H3,(H,16,17). The first-order valence-electron chi connectivity index (χ1n) is 6.53. The van der Waals surface area contributed by atoms with Crippen molar-refractivity contribution in [3.05, 3.63) is 18.1 Å². The minimum Gasteiger partial charge on any atom is -0.366 e. The molecule has 2 rings (SSSR count). The Balaban J connectivity index is 1.82. The molecule has 96 valence electrons. The van der Waals surface area contributed by atoms with Gasteiger partial charge in [0.1, 0.15) is 11.9 Å². The van der Waals surface area contributed by atoms with Gasteiger partial charge in [0, 0.05) is 19.1 Å². The molecule has 5 heteroatoms. The van der Waals surface area contributed by atoms with Gasteiger partial charge in [0.25, 0.3) is 0 Å². The van der Waals surface area contributed by atoms with Crippen molar-refractivity contribution < 1.29 is 0 Å². The van der Waals surface area contributed by atoms with Crippen molar-refractivity contribution in [1.29, 1.82) is 5.26 Å². The van der Waals surface area contributed by atoms with E-state index >= 15 is 0 Å². The molecule has 0 aromatic carbocycles. The second kappa shape index (κ2) is 6.31. The van der Waals surface area contributed by atoms with Crippen molar-refractivity contribution in [1.82, 2.24) is 14.9 Å². The van der Waals surface area contributed by atoms with Crippen LogP contribution < -0.4 is 5.32 Å². The maximum absolute atomic E-state index is 8.65. The quantitative estimate of drug-likeness (QED) is 0.873. The Morgan fingerprint density at radius 1 is 1.39 bits per heavy atom. The summed E-state index contributed by atoms with van der Waals surface area (Å²) in [6.45, 7) is 5.71. The molecule has 1 saturated heterocycles. The van der Waals surface area contributed by atoms with Crippen molar-refractivity contribution in [2.24, 2.45) is 0 Å². The van der Waals surface area contributed by atoms with E-state index in [1.807, 2.05) is 6.07 Å². The average molecular weight is 245 g/mol. The van der Waals surface area contributed by atoms with Crippen LogP contribution in [0.2, 0.25) is 0 Å². The summed E-state index contributed by atoms with van der Waals surface area (Å²) in [4.78, 5) is 10.7. The Bertz CT molecular complexity index is 400. The molecular formula is C13H19N5. The normalized spacial score (nSPS) is 17.3. The minimum atomic E-state index is 0.360. The number of aromatic nitrogens is 2. The van der Waals surface area contributed by atoms with Crippen LogP contribution in [-0.2, 0) is 0 Å². The maximum Gasteiger partial charge on any atom is 0.158 e. The lowest BCUT2D eigenvalue weighted by molar-refractivity contribution is 0.219. The highest BCUT2D eigenvalue weighted by Crippen LogP contribution is 2.14. The average Bonchev–Trinajstić information content (AvgIpc) is 2.42. The number of likely N-dealkylation sites (tertiary alicyclic amines) is 1. The van der Waals surface area contributed by atoms with Crippen LogP contribution in [0.5, 0.6) is 0 Å². The largest absolute Gasteiger partial charge is 0.366 e. The summed E-state index contributed by atoms with van der Waals surface area (Å²) >= 11 is 0. The molecule has 0 bridgehead atoms. The van der Waals surface area contributed by atoms with Crippen LogP contribution in [0.1, 0.15) is 31.9 Å². The van der Waals surface area contributed by atoms with Crippen LogP contribution in [0.4, 0.5) is 5.82 Å². The lowest BCUT2D eigenvalue weighted by atomic mass is 10.1. The second-order valence-electron chi connectivity index (χ2n) is 4.66. The smallest absolute Gasteiger partial charge is 0.158 e. The Kier molecular flexibility index (Phi) is 4.48. The van der Waals surface area contributed by atoms with Gasteiger partial charge in [-0.1, -0.05) is 6.92 Å². The van der Waals surface area contributed by atoms with Crippen LogP contribution >= 0.6 is 0 Å². The molecule has 1 aromatic heterocycles. The first-order chi connectivity index (χ1) is 8.81. The van der Waals surface area contributed by atoms with Gasteiger partial charge < -0.3 is 10.2 Å². The summed E-state index contributed by atoms with van der Waals surface area (Å²) in [5.41, 5.74) is 0.360. The number of hydrogen-bond acceptors (Lipinski definition) is 5. The molecule has 0 unspecified atom stereocenters. The summed E-state index contributed by atoms with van der Waals surface area (Å²) in [7, 11) is 0. The zero-order valence-corrected chi connectivity index (χ0v) is 10.8. The number of rotatable bonds is 4. The van der Waals surface area contributed by atoms with E-state index < -0.39 is 0 Å². The molecule has 1 fully saturated rings. The van der Waals surface area contributed by atoms with E-state index in [9.17, 15) is 0 Å². The topological polar surface area (TPSA) is 64.8 Å². The number of nitriles is 1. The van der Waals surface area contributed by atoms with Gasteiger partial charge in [-0.3, -0.25) is 0 Å². The van der Waals surface area contributed by atoms with Gasteiger partial charge in [-0.05, 0) is 25.8 Å². The number of nitrogens with zero attached hydrogens (tertiary/aromatic N) is 4. The van der Waals surface area contributed by atoms with Gasteiger partial charge in [-0.15, -0.1) is 0 Å². The molecule has 0 radical (unpaired) electrons. The van der Waals surface area contributed by atoms with E-state index in [1.54, 1.807) is 6.20 Å². The van der Waals surface area contributed by atoms with E-state index in [-0.39, 0.29) is 0 Å². The summed E-state index contributed by atoms with van der Waals surface area (Å²) in [5.74, 6) is 0.767. The Morgan fingerprint density at radius 2 is 2.17 bits per heavy atom. The van der Waals surface area contributed by atoms with E-state index in [0.717, 1.165) is 31.7 Å². The van der Waals surface area contributed by atoms with E-state index in [1.165, 1.54) is 19.2 Å². The van der Waals surface area contributed by atoms with E-state index in [0.29, 0.717) is 11.7 Å². The van der Waals surface area contributed by atoms with E-state index in [2.05, 4.69) is 27.1 Å². The molecule has 18 heavy (non-hydrogen) atoms. The molecule has 5 nitrogen and oxygen atoms in total. The molecule has 0 saturated carbocycles. The Hall–Kier alpha value is -1.67. The lowest BCUT2D eigenvalue weighted by Gasteiger charge is -2.32. The van der Waals surface area contributed by atoms with Crippen LogP contribution in [0.25, 0.3) is 0 Å². The van der Waals surface area contributed by atoms with Crippen LogP contribution in [0, 0.1) is 11.3 Å². The molecule has 2 heterocycles. The highest BCUT2D eigenvalue weighted by molar-refractivity contribution is 5.34. The summed E-state index contributed by atoms with van der Waals surface area (Å²) < 4.78 is 0. The first-order valence-corrected chi connectivity index (χ1v) is 6.53. The SMILES string of the molecule is CCCN1CCC(Nc2cnc(C#N)cn2)CC1. The minimum absolute atomic E-state index is 0.360. The molecule has 1 aliphatic rings. The fourth-order valence-electron chi connectivity index (χ4n) is 2.29. The number of nitrogens with one attached hydrogen (secondary N) is 1. The Morgan fingerprint density at radius 3 is 2.72 bits per heavy atom. The van der Waals surface area contributed by atoms with Crippen molar-refractivity contribution in [2.45, 2.75) is 32.2 Å². The summed E-state index contributed by atoms with van der Waals surface area (Å²) in [6, 6.07) is 2.44. The van der Waals surface area contributed by atoms with E-state index in [4.69, 9.17) is 5.26 Å². The number of piperidine rings is 1. The lowest BCUT2D eigenvalue weighted by Crippen LogP contribution is -2.39. The third-order valence-electron chi connectivity index (χ3n) is 3.25. The van der Waals surface area contributed by atoms with Crippen molar-refractivity contribution in [2.75, 3.05) is 25.0 Å². The van der Waals surface area contributed by atoms with Gasteiger partial charge in [0.15, 0.2) is 5.69 Å². The highest BCUT2D eigenvalue weighted by Gasteiger charge is 2.18. The van der Waals surface area contributed by atoms with Crippen LogP contribution in [-0.4, -0.2) is 40.5 Å². The molecule has 0 amide bonds. The van der Waals surface area contributed by atoms with Crippen molar-refractivity contribution >= 4 is 5.82 Å². The van der Waals surface area contributed by atoms with Gasteiger partial charge in [-0.2, -0.15) is 5.26 Å². The van der Waals surface area contributed by atoms with Crippen LogP contribution in [0.3, 0.4) is 0 Å². The monoisotopic (exact) mass is 245 g/mol. The zero-order chi connectivity index (χ0) is 12.8. The summed E-state index contributed by atoms with van der Waals surface area (Å²) in [6.07, 6.45) is 6.65. The molecule has 0 aliphatic carbocycles. The second-order valence-corrected chi connectivity index (χ2v) is 4.66. The Labute approximate surface area is 108 Å². The van der Waals surface area contributed by atoms with Gasteiger partial charge in [-0.25, -0.2) is 9.97 Å². The molecule has 1 aromatic rings. The van der Waals surface area contributed by atoms with Gasteiger partial charge in [0.2, 0.25) is 0 Å². The molecule has 1 aliphatic heterocycles. The zero-order valence-electron chi connectivity index (χ0n) is 10.8. The van der Waals surface area contributed by atoms with Gasteiger partial charge >= 0.3 is 0 Å². The summed E-state index contributed by atoms with van der Waals surface area (Å²) in [5, 5.41) is 12.0. The fraction of sp³-hybridized carbons (Fsp3) is 0.615. The predicted molar refractivity (Wildman–Crippen MR) is 70.1 cm³/mol. The number of anilines is 1. The number of hydrogen-bond donors (Lipinski definition) is 1. The van der Waals surface area contributed by atoms with Crippen molar-refractivity contribution in [3.63, 3.8) is 0 Å². The molecular weight excluding hydrogens is 226 g/mol. The third-order valence-corrected chi connectivity index (χ3v) is 3.25.